The predicted molar refractivity (Wildman–Crippen MR) is 103 cm³/mol. The van der Waals surface area contributed by atoms with E-state index >= 15 is 0 Å². The minimum atomic E-state index is -0.182. The van der Waals surface area contributed by atoms with E-state index in [9.17, 15) is 9.59 Å². The molecule has 0 unspecified atom stereocenters. The lowest BCUT2D eigenvalue weighted by Crippen LogP contribution is -2.54. The summed E-state index contributed by atoms with van der Waals surface area (Å²) in [7, 11) is 0. The summed E-state index contributed by atoms with van der Waals surface area (Å²) in [5.74, 6) is 0.151. The molecule has 26 heavy (non-hydrogen) atoms. The van der Waals surface area contributed by atoms with E-state index < -0.39 is 0 Å². The standard InChI is InChI=1S/C20H30N4O2/c1-14-4-7-18(15(2)12-14)22-20(26)16(3)24-10-8-23(9-11-24)13-19(25)21-17-5-6-17/h4,7,12,16-17H,5-6,8-11,13H2,1-3H3,(H,21,25)(H,22,26)/t16-/m1/s1. The van der Waals surface area contributed by atoms with Gasteiger partial charge in [-0.1, -0.05) is 17.7 Å². The topological polar surface area (TPSA) is 64.7 Å². The molecule has 1 aromatic carbocycles. The Labute approximate surface area is 155 Å². The molecule has 6 heteroatoms. The quantitative estimate of drug-likeness (QED) is 0.809. The van der Waals surface area contributed by atoms with Gasteiger partial charge >= 0.3 is 0 Å². The summed E-state index contributed by atoms with van der Waals surface area (Å²) < 4.78 is 0. The zero-order chi connectivity index (χ0) is 18.7. The minimum absolute atomic E-state index is 0.0249. The van der Waals surface area contributed by atoms with Crippen molar-refractivity contribution in [2.45, 2.75) is 45.7 Å². The first kappa shape index (κ1) is 18.9. The van der Waals surface area contributed by atoms with Gasteiger partial charge in [-0.3, -0.25) is 19.4 Å². The Morgan fingerprint density at radius 3 is 2.46 bits per heavy atom. The van der Waals surface area contributed by atoms with Crippen LogP contribution in [0.3, 0.4) is 0 Å². The van der Waals surface area contributed by atoms with E-state index in [1.807, 2.05) is 32.9 Å². The van der Waals surface area contributed by atoms with Crippen LogP contribution in [0.1, 0.15) is 30.9 Å². The van der Waals surface area contributed by atoms with E-state index in [1.165, 1.54) is 5.56 Å². The number of anilines is 1. The molecule has 142 valence electrons. The van der Waals surface area contributed by atoms with Crippen LogP contribution in [-0.4, -0.2) is 66.4 Å². The third-order valence-corrected chi connectivity index (χ3v) is 5.28. The lowest BCUT2D eigenvalue weighted by Gasteiger charge is -2.37. The monoisotopic (exact) mass is 358 g/mol. The molecule has 0 aromatic heterocycles. The van der Waals surface area contributed by atoms with E-state index in [0.29, 0.717) is 12.6 Å². The van der Waals surface area contributed by atoms with Gasteiger partial charge in [0.25, 0.3) is 0 Å². The highest BCUT2D eigenvalue weighted by atomic mass is 16.2. The average Bonchev–Trinajstić information content (AvgIpc) is 3.41. The lowest BCUT2D eigenvalue weighted by molar-refractivity contribution is -0.124. The minimum Gasteiger partial charge on any atom is -0.352 e. The van der Waals surface area contributed by atoms with Gasteiger partial charge in [0.2, 0.25) is 11.8 Å². The van der Waals surface area contributed by atoms with Crippen LogP contribution in [0.5, 0.6) is 0 Å². The molecule has 1 saturated carbocycles. The number of amides is 2. The van der Waals surface area contributed by atoms with Crippen LogP contribution in [0.4, 0.5) is 5.69 Å². The van der Waals surface area contributed by atoms with Crippen molar-refractivity contribution < 1.29 is 9.59 Å². The Hall–Kier alpha value is -1.92. The van der Waals surface area contributed by atoms with Crippen molar-refractivity contribution in [2.75, 3.05) is 38.0 Å². The Morgan fingerprint density at radius 2 is 1.85 bits per heavy atom. The Kier molecular flexibility index (Phi) is 5.94. The van der Waals surface area contributed by atoms with Crippen molar-refractivity contribution in [2.24, 2.45) is 0 Å². The first-order valence-electron chi connectivity index (χ1n) is 9.56. The second kappa shape index (κ2) is 8.18. The number of nitrogens with one attached hydrogen (secondary N) is 2. The fourth-order valence-corrected chi connectivity index (χ4v) is 3.37. The SMILES string of the molecule is Cc1ccc(NC(=O)[C@@H](C)N2CCN(CC(=O)NC3CC3)CC2)c(C)c1. The van der Waals surface area contributed by atoms with Gasteiger partial charge < -0.3 is 10.6 Å². The van der Waals surface area contributed by atoms with Gasteiger partial charge in [0.15, 0.2) is 0 Å². The van der Waals surface area contributed by atoms with E-state index in [1.54, 1.807) is 0 Å². The molecule has 2 N–H and O–H groups in total. The molecule has 6 nitrogen and oxygen atoms in total. The van der Waals surface area contributed by atoms with Crippen molar-refractivity contribution >= 4 is 17.5 Å². The maximum Gasteiger partial charge on any atom is 0.241 e. The van der Waals surface area contributed by atoms with Crippen molar-refractivity contribution in [3.8, 4) is 0 Å². The molecular weight excluding hydrogens is 328 g/mol. The van der Waals surface area contributed by atoms with Gasteiger partial charge in [-0.05, 0) is 45.2 Å². The summed E-state index contributed by atoms with van der Waals surface area (Å²) in [6.07, 6.45) is 2.24. The molecule has 1 heterocycles. The van der Waals surface area contributed by atoms with Gasteiger partial charge in [0.1, 0.15) is 0 Å². The number of hydrogen-bond acceptors (Lipinski definition) is 4. The Bertz CT molecular complexity index is 664. The molecule has 1 atom stereocenters. The summed E-state index contributed by atoms with van der Waals surface area (Å²) >= 11 is 0. The fraction of sp³-hybridized carbons (Fsp3) is 0.600. The number of hydrogen-bond donors (Lipinski definition) is 2. The van der Waals surface area contributed by atoms with Crippen LogP contribution in [-0.2, 0) is 9.59 Å². The van der Waals surface area contributed by atoms with Gasteiger partial charge in [-0.15, -0.1) is 0 Å². The van der Waals surface area contributed by atoms with Gasteiger partial charge in [0, 0.05) is 37.9 Å². The van der Waals surface area contributed by atoms with E-state index in [4.69, 9.17) is 0 Å². The Balaban J connectivity index is 1.45. The third-order valence-electron chi connectivity index (χ3n) is 5.28. The van der Waals surface area contributed by atoms with Crippen molar-refractivity contribution in [1.82, 2.24) is 15.1 Å². The second-order valence-electron chi connectivity index (χ2n) is 7.64. The molecule has 1 aliphatic carbocycles. The molecule has 2 aliphatic rings. The molecule has 2 amide bonds. The summed E-state index contributed by atoms with van der Waals surface area (Å²) in [6.45, 7) is 9.72. The zero-order valence-electron chi connectivity index (χ0n) is 16.0. The largest absolute Gasteiger partial charge is 0.352 e. The zero-order valence-corrected chi connectivity index (χ0v) is 16.0. The number of nitrogens with zero attached hydrogens (tertiary/aromatic N) is 2. The van der Waals surface area contributed by atoms with Crippen molar-refractivity contribution in [3.63, 3.8) is 0 Å². The first-order valence-corrected chi connectivity index (χ1v) is 9.56. The molecule has 1 aromatic rings. The number of aryl methyl sites for hydroxylation is 2. The van der Waals surface area contributed by atoms with Gasteiger partial charge in [0.05, 0.1) is 12.6 Å². The van der Waals surface area contributed by atoms with Crippen LogP contribution in [0.25, 0.3) is 0 Å². The molecule has 0 radical (unpaired) electrons. The smallest absolute Gasteiger partial charge is 0.241 e. The molecule has 2 fully saturated rings. The maximum absolute atomic E-state index is 12.6. The van der Waals surface area contributed by atoms with E-state index in [-0.39, 0.29) is 17.9 Å². The number of carbonyl (C=O) groups is 2. The number of piperazine rings is 1. The molecule has 3 rings (SSSR count). The highest BCUT2D eigenvalue weighted by Crippen LogP contribution is 2.19. The van der Waals surface area contributed by atoms with Gasteiger partial charge in [-0.2, -0.15) is 0 Å². The summed E-state index contributed by atoms with van der Waals surface area (Å²) in [6, 6.07) is 6.28. The summed E-state index contributed by atoms with van der Waals surface area (Å²) in [5, 5.41) is 6.08. The molecule has 1 saturated heterocycles. The van der Waals surface area contributed by atoms with Crippen molar-refractivity contribution in [1.29, 1.82) is 0 Å². The fourth-order valence-electron chi connectivity index (χ4n) is 3.37. The van der Waals surface area contributed by atoms with Crippen molar-refractivity contribution in [3.05, 3.63) is 29.3 Å². The maximum atomic E-state index is 12.6. The van der Waals surface area contributed by atoms with E-state index in [0.717, 1.165) is 50.3 Å². The Morgan fingerprint density at radius 1 is 1.15 bits per heavy atom. The highest BCUT2D eigenvalue weighted by Gasteiger charge is 2.28. The summed E-state index contributed by atoms with van der Waals surface area (Å²) in [5.41, 5.74) is 3.15. The number of carbonyl (C=O) groups excluding carboxylic acids is 2. The number of benzene rings is 1. The molecule has 1 aliphatic heterocycles. The predicted octanol–water partition coefficient (Wildman–Crippen LogP) is 1.53. The molecule has 0 bridgehead atoms. The summed E-state index contributed by atoms with van der Waals surface area (Å²) in [4.78, 5) is 28.9. The van der Waals surface area contributed by atoms with Crippen LogP contribution in [0, 0.1) is 13.8 Å². The first-order chi connectivity index (χ1) is 12.4. The highest BCUT2D eigenvalue weighted by molar-refractivity contribution is 5.95. The molecule has 0 spiro atoms. The van der Waals surface area contributed by atoms with Crippen LogP contribution in [0.2, 0.25) is 0 Å². The lowest BCUT2D eigenvalue weighted by atomic mass is 10.1. The number of rotatable bonds is 6. The van der Waals surface area contributed by atoms with Crippen LogP contribution < -0.4 is 10.6 Å². The average molecular weight is 358 g/mol. The second-order valence-corrected chi connectivity index (χ2v) is 7.64. The van der Waals surface area contributed by atoms with Gasteiger partial charge in [-0.25, -0.2) is 0 Å². The van der Waals surface area contributed by atoms with Crippen LogP contribution in [0.15, 0.2) is 18.2 Å². The van der Waals surface area contributed by atoms with E-state index in [2.05, 4.69) is 26.5 Å². The normalized spacial score (nSPS) is 19.8. The molecular formula is C20H30N4O2. The third kappa shape index (κ3) is 5.05. The van der Waals surface area contributed by atoms with Crippen LogP contribution >= 0.6 is 0 Å².